The quantitative estimate of drug-likeness (QED) is 0.346. The number of hydroxylamine groups is 4. The average molecular weight is 137 g/mol. The van der Waals surface area contributed by atoms with Crippen molar-refractivity contribution in [1.29, 1.82) is 0 Å². The minimum atomic E-state index is -0.589. The van der Waals surface area contributed by atoms with Crippen LogP contribution in [0.15, 0.2) is 0 Å². The molecule has 2 atom stereocenters. The molecule has 0 spiro atoms. The summed E-state index contributed by atoms with van der Waals surface area (Å²) in [5.74, 6) is 0. The zero-order valence-electron chi connectivity index (χ0n) is 5.22. The lowest BCUT2D eigenvalue weighted by atomic mass is 10.7. The summed E-state index contributed by atoms with van der Waals surface area (Å²) in [6.45, 7) is 0.311. The second-order valence-electron chi connectivity index (χ2n) is 1.50. The van der Waals surface area contributed by atoms with Crippen LogP contribution < -0.4 is 16.2 Å². The SMILES string of the molecule is C[NH+]([O-])O[NH+]([O-])CCN. The molecule has 0 saturated carbocycles. The van der Waals surface area contributed by atoms with Crippen LogP contribution in [0.1, 0.15) is 0 Å². The van der Waals surface area contributed by atoms with Crippen LogP contribution in [0.2, 0.25) is 0 Å². The lowest BCUT2D eigenvalue weighted by Gasteiger charge is -2.21. The fourth-order valence-corrected chi connectivity index (χ4v) is 0.329. The molecule has 56 valence electrons. The topological polar surface area (TPSA) is 90.2 Å². The van der Waals surface area contributed by atoms with Gasteiger partial charge in [-0.1, -0.05) is 0 Å². The Morgan fingerprint density at radius 1 is 1.56 bits per heavy atom. The van der Waals surface area contributed by atoms with Crippen molar-refractivity contribution < 1.29 is 15.4 Å². The summed E-state index contributed by atoms with van der Waals surface area (Å²) in [6, 6.07) is 0. The van der Waals surface area contributed by atoms with Gasteiger partial charge in [0.05, 0.1) is 0 Å². The van der Waals surface area contributed by atoms with Crippen molar-refractivity contribution in [3.8, 4) is 0 Å². The number of nitrogens with two attached hydrogens (primary N) is 1. The molecule has 0 aliphatic carbocycles. The van der Waals surface area contributed by atoms with E-state index < -0.39 is 10.5 Å². The van der Waals surface area contributed by atoms with Gasteiger partial charge in [0.15, 0.2) is 0 Å². The van der Waals surface area contributed by atoms with E-state index in [2.05, 4.69) is 4.94 Å². The third-order valence-corrected chi connectivity index (χ3v) is 0.606. The maximum Gasteiger partial charge on any atom is 0.124 e. The van der Waals surface area contributed by atoms with Gasteiger partial charge in [-0.2, -0.15) is 10.5 Å². The summed E-state index contributed by atoms with van der Waals surface area (Å²) in [7, 11) is 1.18. The van der Waals surface area contributed by atoms with Crippen LogP contribution in [0.5, 0.6) is 0 Å². The number of hydrogen-bond donors (Lipinski definition) is 3. The molecule has 6 nitrogen and oxygen atoms in total. The highest BCUT2D eigenvalue weighted by Gasteiger charge is 1.97. The fourth-order valence-electron chi connectivity index (χ4n) is 0.329. The molecular weight excluding hydrogens is 126 g/mol. The van der Waals surface area contributed by atoms with Crippen molar-refractivity contribution in [3.63, 3.8) is 0 Å². The standard InChI is InChI=1S/C3H11N3O3/c1-5(7)9-6(8)3-2-4/h5-6H,2-4H2,1H3. The number of quaternary nitrogens is 2. The molecular formula is C3H11N3O3. The Hall–Kier alpha value is -0.240. The predicted molar refractivity (Wildman–Crippen MR) is 29.6 cm³/mol. The minimum absolute atomic E-state index is 0.0968. The monoisotopic (exact) mass is 137 g/mol. The van der Waals surface area contributed by atoms with Gasteiger partial charge in [0, 0.05) is 6.54 Å². The molecule has 4 N–H and O–H groups in total. The molecule has 0 saturated heterocycles. The van der Waals surface area contributed by atoms with Crippen LogP contribution in [-0.2, 0) is 4.94 Å². The highest BCUT2D eigenvalue weighted by atomic mass is 17.1. The van der Waals surface area contributed by atoms with E-state index in [-0.39, 0.29) is 13.1 Å². The van der Waals surface area contributed by atoms with Crippen LogP contribution in [-0.4, -0.2) is 20.1 Å². The molecule has 0 aliphatic rings. The average Bonchev–Trinajstić information content (AvgIpc) is 1.63. The first-order valence-electron chi connectivity index (χ1n) is 2.58. The summed E-state index contributed by atoms with van der Waals surface area (Å²) in [5.41, 5.74) is 4.99. The summed E-state index contributed by atoms with van der Waals surface area (Å²) in [4.78, 5) is 4.13. The van der Waals surface area contributed by atoms with Crippen molar-refractivity contribution in [1.82, 2.24) is 0 Å². The Morgan fingerprint density at radius 3 is 2.44 bits per heavy atom. The normalized spacial score (nSPS) is 17.3. The first kappa shape index (κ1) is 8.76. The maximum atomic E-state index is 10.3. The van der Waals surface area contributed by atoms with Gasteiger partial charge in [-0.15, -0.1) is 0 Å². The van der Waals surface area contributed by atoms with E-state index in [1.807, 2.05) is 0 Å². The van der Waals surface area contributed by atoms with Crippen LogP contribution in [0.4, 0.5) is 0 Å². The van der Waals surface area contributed by atoms with Crippen molar-refractivity contribution in [3.05, 3.63) is 10.4 Å². The van der Waals surface area contributed by atoms with E-state index in [0.29, 0.717) is 0 Å². The number of rotatable bonds is 4. The van der Waals surface area contributed by atoms with Crippen molar-refractivity contribution >= 4 is 0 Å². The molecule has 0 aromatic rings. The Kier molecular flexibility index (Phi) is 4.50. The number of nitrogens with one attached hydrogen (secondary N) is 2. The van der Waals surface area contributed by atoms with Gasteiger partial charge >= 0.3 is 0 Å². The second-order valence-corrected chi connectivity index (χ2v) is 1.50. The van der Waals surface area contributed by atoms with E-state index >= 15 is 0 Å². The van der Waals surface area contributed by atoms with E-state index in [0.717, 1.165) is 0 Å². The van der Waals surface area contributed by atoms with E-state index in [4.69, 9.17) is 5.73 Å². The van der Waals surface area contributed by atoms with E-state index in [1.54, 1.807) is 0 Å². The molecule has 2 unspecified atom stereocenters. The predicted octanol–water partition coefficient (Wildman–Crippen LogP) is -3.81. The Balaban J connectivity index is 3.15. The Bertz CT molecular complexity index is 69.3. The zero-order chi connectivity index (χ0) is 7.28. The van der Waals surface area contributed by atoms with E-state index in [1.165, 1.54) is 7.05 Å². The van der Waals surface area contributed by atoms with Gasteiger partial charge in [-0.25, -0.2) is 0 Å². The van der Waals surface area contributed by atoms with Crippen LogP contribution in [0, 0.1) is 10.4 Å². The lowest BCUT2D eigenvalue weighted by molar-refractivity contribution is -1.30. The molecule has 0 radical (unpaired) electrons. The largest absolute Gasteiger partial charge is 0.596 e. The highest BCUT2D eigenvalue weighted by molar-refractivity contribution is 4.21. The molecule has 0 heterocycles. The lowest BCUT2D eigenvalue weighted by Crippen LogP contribution is -3.24. The van der Waals surface area contributed by atoms with Crippen molar-refractivity contribution in [2.45, 2.75) is 0 Å². The Morgan fingerprint density at radius 2 is 2.11 bits per heavy atom. The second kappa shape index (κ2) is 4.62. The molecule has 6 heteroatoms. The summed E-state index contributed by atoms with van der Waals surface area (Å²) < 4.78 is 0. The van der Waals surface area contributed by atoms with Gasteiger partial charge in [0.1, 0.15) is 13.6 Å². The molecule has 0 aromatic carbocycles. The van der Waals surface area contributed by atoms with Gasteiger partial charge in [0.2, 0.25) is 0 Å². The molecule has 0 fully saturated rings. The van der Waals surface area contributed by atoms with Gasteiger partial charge in [-0.3, -0.25) is 0 Å². The molecule has 0 amide bonds. The fraction of sp³-hybridized carbons (Fsp3) is 1.00. The van der Waals surface area contributed by atoms with Crippen LogP contribution in [0.3, 0.4) is 0 Å². The molecule has 0 aliphatic heterocycles. The molecule has 0 rings (SSSR count). The zero-order valence-corrected chi connectivity index (χ0v) is 5.22. The van der Waals surface area contributed by atoms with Crippen LogP contribution >= 0.6 is 0 Å². The molecule has 0 bridgehead atoms. The first-order valence-corrected chi connectivity index (χ1v) is 2.58. The van der Waals surface area contributed by atoms with Gasteiger partial charge in [-0.05, 0) is 4.94 Å². The Labute approximate surface area is 52.8 Å². The van der Waals surface area contributed by atoms with Gasteiger partial charge in [0.25, 0.3) is 0 Å². The number of hydrogen-bond acceptors (Lipinski definition) is 4. The van der Waals surface area contributed by atoms with E-state index in [9.17, 15) is 10.4 Å². The first-order chi connectivity index (χ1) is 4.16. The third kappa shape index (κ3) is 5.63. The maximum absolute atomic E-state index is 10.3. The van der Waals surface area contributed by atoms with Gasteiger partial charge < -0.3 is 16.1 Å². The molecule has 0 aromatic heterocycles. The smallest absolute Gasteiger partial charge is 0.124 e. The molecule has 9 heavy (non-hydrogen) atoms. The minimum Gasteiger partial charge on any atom is -0.596 e. The van der Waals surface area contributed by atoms with Crippen molar-refractivity contribution in [2.75, 3.05) is 20.1 Å². The summed E-state index contributed by atoms with van der Waals surface area (Å²) in [6.07, 6.45) is 0. The summed E-state index contributed by atoms with van der Waals surface area (Å²) in [5, 5.41) is 19.2. The highest BCUT2D eigenvalue weighted by Crippen LogP contribution is 1.36. The third-order valence-electron chi connectivity index (χ3n) is 0.606. The van der Waals surface area contributed by atoms with Crippen molar-refractivity contribution in [2.24, 2.45) is 5.73 Å². The summed E-state index contributed by atoms with van der Waals surface area (Å²) >= 11 is 0. The van der Waals surface area contributed by atoms with Crippen LogP contribution in [0.25, 0.3) is 0 Å².